The Labute approximate surface area is 181 Å². The number of benzene rings is 3. The standard InChI is InChI=1S/C23H24ClN3O3/c1-28-21-12-11-18(13-22(21)29-2)27-23(25)26-14-16-7-3-4-8-17(16)15-30-20-10-6-5-9-19(20)24/h3-13H,14-15H2,1-2H3,(H3,25,26,27). The van der Waals surface area contributed by atoms with Crippen molar-refractivity contribution < 1.29 is 14.2 Å². The lowest BCUT2D eigenvalue weighted by molar-refractivity contribution is 0.305. The van der Waals surface area contributed by atoms with Gasteiger partial charge in [-0.2, -0.15) is 0 Å². The van der Waals surface area contributed by atoms with Crippen molar-refractivity contribution >= 4 is 23.2 Å². The third kappa shape index (κ3) is 5.58. The molecule has 3 aromatic carbocycles. The number of hydrogen-bond donors (Lipinski definition) is 2. The smallest absolute Gasteiger partial charge is 0.193 e. The largest absolute Gasteiger partial charge is 0.493 e. The molecule has 0 aliphatic rings. The molecule has 0 saturated heterocycles. The minimum Gasteiger partial charge on any atom is -0.493 e. The van der Waals surface area contributed by atoms with Gasteiger partial charge in [0.05, 0.1) is 25.8 Å². The summed E-state index contributed by atoms with van der Waals surface area (Å²) in [7, 11) is 3.17. The van der Waals surface area contributed by atoms with Gasteiger partial charge in [0.15, 0.2) is 17.5 Å². The molecule has 0 unspecified atom stereocenters. The van der Waals surface area contributed by atoms with Crippen LogP contribution in [-0.2, 0) is 13.2 Å². The number of ether oxygens (including phenoxy) is 3. The van der Waals surface area contributed by atoms with Crippen LogP contribution in [0, 0.1) is 0 Å². The summed E-state index contributed by atoms with van der Waals surface area (Å²) in [5.41, 5.74) is 8.85. The molecule has 156 valence electrons. The van der Waals surface area contributed by atoms with Crippen molar-refractivity contribution in [2.45, 2.75) is 13.2 Å². The molecule has 0 amide bonds. The Balaban J connectivity index is 1.66. The third-order valence-electron chi connectivity index (χ3n) is 4.41. The second-order valence-corrected chi connectivity index (χ2v) is 6.79. The lowest BCUT2D eigenvalue weighted by atomic mass is 10.1. The van der Waals surface area contributed by atoms with Crippen LogP contribution in [-0.4, -0.2) is 20.2 Å². The molecule has 0 bridgehead atoms. The number of methoxy groups -OCH3 is 2. The highest BCUT2D eigenvalue weighted by Gasteiger charge is 2.07. The van der Waals surface area contributed by atoms with E-state index in [2.05, 4.69) is 10.3 Å². The van der Waals surface area contributed by atoms with Gasteiger partial charge in [-0.15, -0.1) is 0 Å². The highest BCUT2D eigenvalue weighted by molar-refractivity contribution is 6.32. The van der Waals surface area contributed by atoms with Crippen molar-refractivity contribution in [1.82, 2.24) is 0 Å². The summed E-state index contributed by atoms with van der Waals surface area (Å²) in [5.74, 6) is 2.19. The highest BCUT2D eigenvalue weighted by Crippen LogP contribution is 2.29. The summed E-state index contributed by atoms with van der Waals surface area (Å²) >= 11 is 6.16. The van der Waals surface area contributed by atoms with Crippen molar-refractivity contribution in [3.8, 4) is 17.2 Å². The van der Waals surface area contributed by atoms with Crippen molar-refractivity contribution in [2.24, 2.45) is 10.7 Å². The third-order valence-corrected chi connectivity index (χ3v) is 4.73. The number of halogens is 1. The molecule has 0 aliphatic heterocycles. The first kappa shape index (κ1) is 21.3. The summed E-state index contributed by atoms with van der Waals surface area (Å²) < 4.78 is 16.4. The number of nitrogens with two attached hydrogens (primary N) is 1. The van der Waals surface area contributed by atoms with E-state index in [1.807, 2.05) is 48.5 Å². The Hall–Kier alpha value is -3.38. The molecule has 0 radical (unpaired) electrons. The molecule has 0 heterocycles. The maximum Gasteiger partial charge on any atom is 0.193 e. The summed E-state index contributed by atoms with van der Waals surface area (Å²) in [4.78, 5) is 4.45. The van der Waals surface area contributed by atoms with Gasteiger partial charge >= 0.3 is 0 Å². The molecule has 0 aromatic heterocycles. The SMILES string of the molecule is COc1ccc(NC(N)=NCc2ccccc2COc2ccccc2Cl)cc1OC. The van der Waals surface area contributed by atoms with E-state index in [-0.39, 0.29) is 0 Å². The summed E-state index contributed by atoms with van der Waals surface area (Å²) in [5, 5.41) is 3.65. The van der Waals surface area contributed by atoms with Crippen LogP contribution in [0.4, 0.5) is 5.69 Å². The topological polar surface area (TPSA) is 78.1 Å². The van der Waals surface area contributed by atoms with E-state index in [1.165, 1.54) is 0 Å². The Bertz CT molecular complexity index is 1020. The first-order valence-corrected chi connectivity index (χ1v) is 9.71. The minimum absolute atomic E-state index is 0.295. The molecule has 3 rings (SSSR count). The van der Waals surface area contributed by atoms with Gasteiger partial charge in [-0.05, 0) is 35.4 Å². The van der Waals surface area contributed by atoms with Crippen LogP contribution < -0.4 is 25.3 Å². The van der Waals surface area contributed by atoms with Crippen LogP contribution in [0.3, 0.4) is 0 Å². The zero-order chi connectivity index (χ0) is 21.3. The predicted octanol–water partition coefficient (Wildman–Crippen LogP) is 4.86. The molecule has 0 aliphatic carbocycles. The number of guanidine groups is 1. The molecular formula is C23H24ClN3O3. The van der Waals surface area contributed by atoms with Crippen molar-refractivity contribution in [2.75, 3.05) is 19.5 Å². The van der Waals surface area contributed by atoms with E-state index in [9.17, 15) is 0 Å². The van der Waals surface area contributed by atoms with Crippen LogP contribution in [0.25, 0.3) is 0 Å². The summed E-state index contributed by atoms with van der Waals surface area (Å²) in [6.07, 6.45) is 0. The second-order valence-electron chi connectivity index (χ2n) is 6.38. The van der Waals surface area contributed by atoms with Crippen molar-refractivity contribution in [1.29, 1.82) is 0 Å². The van der Waals surface area contributed by atoms with E-state index < -0.39 is 0 Å². The molecule has 0 saturated carbocycles. The lowest BCUT2D eigenvalue weighted by Gasteiger charge is -2.12. The second kappa shape index (κ2) is 10.4. The van der Waals surface area contributed by atoms with Crippen LogP contribution in [0.15, 0.2) is 71.7 Å². The number of hydrogen-bond acceptors (Lipinski definition) is 4. The van der Waals surface area contributed by atoms with Crippen LogP contribution in [0.1, 0.15) is 11.1 Å². The van der Waals surface area contributed by atoms with Crippen LogP contribution in [0.5, 0.6) is 17.2 Å². The normalized spacial score (nSPS) is 11.1. The van der Waals surface area contributed by atoms with Gasteiger partial charge in [-0.1, -0.05) is 48.0 Å². The number of para-hydroxylation sites is 1. The van der Waals surface area contributed by atoms with E-state index in [4.69, 9.17) is 31.5 Å². The highest BCUT2D eigenvalue weighted by atomic mass is 35.5. The molecule has 7 heteroatoms. The first-order chi connectivity index (χ1) is 14.6. The molecular weight excluding hydrogens is 402 g/mol. The van der Waals surface area contributed by atoms with E-state index in [1.54, 1.807) is 32.4 Å². The van der Waals surface area contributed by atoms with Gasteiger partial charge in [0.25, 0.3) is 0 Å². The molecule has 6 nitrogen and oxygen atoms in total. The lowest BCUT2D eigenvalue weighted by Crippen LogP contribution is -2.22. The zero-order valence-electron chi connectivity index (χ0n) is 16.9. The fraction of sp³-hybridized carbons (Fsp3) is 0.174. The van der Waals surface area contributed by atoms with Crippen LogP contribution in [0.2, 0.25) is 5.02 Å². The number of rotatable bonds is 8. The molecule has 30 heavy (non-hydrogen) atoms. The molecule has 0 fully saturated rings. The average molecular weight is 426 g/mol. The Morgan fingerprint density at radius 1 is 0.900 bits per heavy atom. The van der Waals surface area contributed by atoms with Gasteiger partial charge in [-0.3, -0.25) is 0 Å². The quantitative estimate of drug-likeness (QED) is 0.398. The van der Waals surface area contributed by atoms with E-state index in [0.29, 0.717) is 41.4 Å². The fourth-order valence-corrected chi connectivity index (χ4v) is 3.03. The maximum absolute atomic E-state index is 6.16. The monoisotopic (exact) mass is 425 g/mol. The van der Waals surface area contributed by atoms with Crippen LogP contribution >= 0.6 is 11.6 Å². The number of nitrogens with one attached hydrogen (secondary N) is 1. The molecule has 3 N–H and O–H groups in total. The minimum atomic E-state index is 0.295. The summed E-state index contributed by atoms with van der Waals surface area (Å²) in [6, 6.07) is 20.8. The fourth-order valence-electron chi connectivity index (χ4n) is 2.84. The zero-order valence-corrected chi connectivity index (χ0v) is 17.6. The Kier molecular flexibility index (Phi) is 7.40. The van der Waals surface area contributed by atoms with E-state index >= 15 is 0 Å². The summed E-state index contributed by atoms with van der Waals surface area (Å²) in [6.45, 7) is 0.798. The molecule has 3 aromatic rings. The van der Waals surface area contributed by atoms with Gasteiger partial charge < -0.3 is 25.3 Å². The van der Waals surface area contributed by atoms with Gasteiger partial charge in [-0.25, -0.2) is 4.99 Å². The van der Waals surface area contributed by atoms with Gasteiger partial charge in [0, 0.05) is 11.8 Å². The van der Waals surface area contributed by atoms with Crippen molar-refractivity contribution in [3.05, 3.63) is 82.9 Å². The van der Waals surface area contributed by atoms with E-state index in [0.717, 1.165) is 16.8 Å². The van der Waals surface area contributed by atoms with Crippen molar-refractivity contribution in [3.63, 3.8) is 0 Å². The first-order valence-electron chi connectivity index (χ1n) is 9.33. The number of anilines is 1. The Morgan fingerprint density at radius 2 is 1.60 bits per heavy atom. The average Bonchev–Trinajstić information content (AvgIpc) is 2.77. The number of nitrogens with zero attached hydrogens (tertiary/aromatic N) is 1. The number of aliphatic imine (C=N–C) groups is 1. The molecule has 0 atom stereocenters. The maximum atomic E-state index is 6.16. The Morgan fingerprint density at radius 3 is 2.33 bits per heavy atom. The predicted molar refractivity (Wildman–Crippen MR) is 121 cm³/mol. The van der Waals surface area contributed by atoms with Gasteiger partial charge in [0.2, 0.25) is 0 Å². The molecule has 0 spiro atoms. The van der Waals surface area contributed by atoms with Gasteiger partial charge in [0.1, 0.15) is 12.4 Å².